The van der Waals surface area contributed by atoms with E-state index in [0.29, 0.717) is 5.69 Å². The number of nitrogens with two attached hydrogens (primary N) is 1. The first-order valence-corrected chi connectivity index (χ1v) is 6.24. The molecule has 0 fully saturated rings. The molecule has 3 aromatic rings. The Morgan fingerprint density at radius 2 is 1.83 bits per heavy atom. The van der Waals surface area contributed by atoms with Crippen molar-refractivity contribution in [3.05, 3.63) is 48.9 Å². The van der Waals surface area contributed by atoms with E-state index >= 15 is 0 Å². The molecule has 5 heteroatoms. The van der Waals surface area contributed by atoms with E-state index in [9.17, 15) is 0 Å². The second-order valence-corrected chi connectivity index (χ2v) is 4.74. The van der Waals surface area contributed by atoms with Gasteiger partial charge in [-0.2, -0.15) is 0 Å². The molecule has 2 heterocycles. The molecule has 0 bridgehead atoms. The molecular weight excluding hydrogens is 244 g/mol. The smallest absolute Gasteiger partial charge is 0.117 e. The summed E-state index contributed by atoms with van der Waals surface area (Å²) in [4.78, 5) is 12.8. The third-order valence-corrected chi connectivity index (χ3v) is 3.44. The van der Waals surface area contributed by atoms with Gasteiger partial charge in [-0.15, -0.1) is 0 Å². The normalized spacial score (nSPS) is 10.7. The molecule has 0 aliphatic heterocycles. The minimum atomic E-state index is 0.659. The van der Waals surface area contributed by atoms with Gasteiger partial charge in [0.15, 0.2) is 0 Å². The van der Waals surface area contributed by atoms with Crippen LogP contribution in [0.25, 0.3) is 10.9 Å². The van der Waals surface area contributed by atoms with Gasteiger partial charge < -0.3 is 5.73 Å². The summed E-state index contributed by atoms with van der Waals surface area (Å²) in [5, 5.41) is 2.80. The maximum atomic E-state index is 5.61. The maximum Gasteiger partial charge on any atom is 0.117 e. The van der Waals surface area contributed by atoms with Crippen LogP contribution in [0.1, 0.15) is 0 Å². The van der Waals surface area contributed by atoms with E-state index in [1.54, 1.807) is 12.5 Å². The first-order chi connectivity index (χ1) is 8.83. The van der Waals surface area contributed by atoms with Crippen molar-refractivity contribution < 1.29 is 0 Å². The maximum absolute atomic E-state index is 5.61. The Kier molecular flexibility index (Phi) is 2.82. The van der Waals surface area contributed by atoms with Crippen LogP contribution in [0.15, 0.2) is 59.0 Å². The molecule has 0 saturated heterocycles. The third kappa shape index (κ3) is 2.12. The van der Waals surface area contributed by atoms with Crippen LogP contribution in [0.3, 0.4) is 0 Å². The molecule has 0 aliphatic rings. The number of anilines is 1. The Balaban J connectivity index is 2.02. The van der Waals surface area contributed by atoms with Crippen LogP contribution in [0.4, 0.5) is 5.69 Å². The summed E-state index contributed by atoms with van der Waals surface area (Å²) in [6.45, 7) is 0. The molecule has 0 atom stereocenters. The van der Waals surface area contributed by atoms with Crippen molar-refractivity contribution in [3.63, 3.8) is 0 Å². The summed E-state index contributed by atoms with van der Waals surface area (Å²) >= 11 is 1.51. The van der Waals surface area contributed by atoms with Crippen molar-refractivity contribution >= 4 is 28.4 Å². The number of benzene rings is 1. The number of nitrogen functional groups attached to an aromatic ring is 1. The molecule has 2 N–H and O–H groups in total. The van der Waals surface area contributed by atoms with Gasteiger partial charge in [0.1, 0.15) is 16.4 Å². The van der Waals surface area contributed by atoms with E-state index in [1.165, 1.54) is 11.8 Å². The van der Waals surface area contributed by atoms with E-state index < -0.39 is 0 Å². The molecule has 0 unspecified atom stereocenters. The average molecular weight is 254 g/mol. The van der Waals surface area contributed by atoms with Gasteiger partial charge in [0, 0.05) is 5.39 Å². The van der Waals surface area contributed by atoms with Crippen molar-refractivity contribution in [1.82, 2.24) is 15.0 Å². The molecule has 88 valence electrons. The predicted molar refractivity (Wildman–Crippen MR) is 72.3 cm³/mol. The quantitative estimate of drug-likeness (QED) is 0.712. The first-order valence-electron chi connectivity index (χ1n) is 5.42. The second-order valence-electron chi connectivity index (χ2n) is 3.73. The Labute approximate surface area is 108 Å². The Hall–Kier alpha value is -2.14. The van der Waals surface area contributed by atoms with Crippen molar-refractivity contribution in [2.45, 2.75) is 10.1 Å². The van der Waals surface area contributed by atoms with Gasteiger partial charge in [0.25, 0.3) is 0 Å². The number of nitrogens with zero attached hydrogens (tertiary/aromatic N) is 3. The van der Waals surface area contributed by atoms with Crippen LogP contribution < -0.4 is 5.73 Å². The largest absolute Gasteiger partial charge is 0.397 e. The van der Waals surface area contributed by atoms with Gasteiger partial charge in [0.05, 0.1) is 17.4 Å². The molecule has 1 aromatic carbocycles. The van der Waals surface area contributed by atoms with Crippen LogP contribution in [0.2, 0.25) is 0 Å². The van der Waals surface area contributed by atoms with E-state index in [0.717, 1.165) is 21.0 Å². The SMILES string of the molecule is Nc1ccc(Sc2ncnc3ccccc23)nc1. The molecule has 0 radical (unpaired) electrons. The molecule has 18 heavy (non-hydrogen) atoms. The molecule has 0 aliphatic carbocycles. The second kappa shape index (κ2) is 4.62. The summed E-state index contributed by atoms with van der Waals surface area (Å²) in [6.07, 6.45) is 3.22. The number of aromatic nitrogens is 3. The summed E-state index contributed by atoms with van der Waals surface area (Å²) in [5.41, 5.74) is 7.21. The molecule has 0 spiro atoms. The monoisotopic (exact) mass is 254 g/mol. The van der Waals surface area contributed by atoms with E-state index in [1.807, 2.05) is 36.4 Å². The van der Waals surface area contributed by atoms with E-state index in [2.05, 4.69) is 15.0 Å². The lowest BCUT2D eigenvalue weighted by atomic mass is 10.2. The highest BCUT2D eigenvalue weighted by Crippen LogP contribution is 2.29. The lowest BCUT2D eigenvalue weighted by molar-refractivity contribution is 1.08. The first kappa shape index (κ1) is 11.0. The van der Waals surface area contributed by atoms with Crippen molar-refractivity contribution in [1.29, 1.82) is 0 Å². The predicted octanol–water partition coefficient (Wildman–Crippen LogP) is 2.76. The fraction of sp³-hybridized carbons (Fsp3) is 0. The van der Waals surface area contributed by atoms with Gasteiger partial charge >= 0.3 is 0 Å². The van der Waals surface area contributed by atoms with Crippen LogP contribution >= 0.6 is 11.8 Å². The van der Waals surface area contributed by atoms with Gasteiger partial charge in [0.2, 0.25) is 0 Å². The third-order valence-electron chi connectivity index (χ3n) is 2.47. The van der Waals surface area contributed by atoms with Crippen LogP contribution in [-0.4, -0.2) is 15.0 Å². The van der Waals surface area contributed by atoms with Crippen molar-refractivity contribution in [3.8, 4) is 0 Å². The topological polar surface area (TPSA) is 64.7 Å². The fourth-order valence-electron chi connectivity index (χ4n) is 1.61. The molecule has 3 rings (SSSR count). The lowest BCUT2D eigenvalue weighted by Gasteiger charge is -2.03. The summed E-state index contributed by atoms with van der Waals surface area (Å²) in [6, 6.07) is 11.6. The highest BCUT2D eigenvalue weighted by molar-refractivity contribution is 7.99. The van der Waals surface area contributed by atoms with Gasteiger partial charge in [-0.05, 0) is 30.0 Å². The minimum absolute atomic E-state index is 0.659. The van der Waals surface area contributed by atoms with Crippen molar-refractivity contribution in [2.24, 2.45) is 0 Å². The highest BCUT2D eigenvalue weighted by Gasteiger charge is 2.05. The number of hydrogen-bond acceptors (Lipinski definition) is 5. The molecule has 2 aromatic heterocycles. The molecular formula is C13H10N4S. The van der Waals surface area contributed by atoms with Crippen LogP contribution in [-0.2, 0) is 0 Å². The Morgan fingerprint density at radius 1 is 0.944 bits per heavy atom. The highest BCUT2D eigenvalue weighted by atomic mass is 32.2. The average Bonchev–Trinajstić information content (AvgIpc) is 2.42. The number of fused-ring (bicyclic) bond motifs is 1. The summed E-state index contributed by atoms with van der Waals surface area (Å²) in [5.74, 6) is 0. The fourth-order valence-corrected chi connectivity index (χ4v) is 2.43. The zero-order valence-electron chi connectivity index (χ0n) is 9.45. The number of hydrogen-bond donors (Lipinski definition) is 1. The summed E-state index contributed by atoms with van der Waals surface area (Å²) < 4.78 is 0. The van der Waals surface area contributed by atoms with Crippen molar-refractivity contribution in [2.75, 3.05) is 5.73 Å². The van der Waals surface area contributed by atoms with Crippen LogP contribution in [0, 0.1) is 0 Å². The van der Waals surface area contributed by atoms with Gasteiger partial charge in [-0.1, -0.05) is 18.2 Å². The molecule has 0 amide bonds. The molecule has 4 nitrogen and oxygen atoms in total. The Morgan fingerprint density at radius 3 is 2.67 bits per heavy atom. The molecule has 0 saturated carbocycles. The summed E-state index contributed by atoms with van der Waals surface area (Å²) in [7, 11) is 0. The Bertz CT molecular complexity index is 677. The zero-order chi connectivity index (χ0) is 12.4. The van der Waals surface area contributed by atoms with E-state index in [4.69, 9.17) is 5.73 Å². The van der Waals surface area contributed by atoms with Gasteiger partial charge in [-0.25, -0.2) is 15.0 Å². The van der Waals surface area contributed by atoms with Crippen LogP contribution in [0.5, 0.6) is 0 Å². The van der Waals surface area contributed by atoms with E-state index in [-0.39, 0.29) is 0 Å². The minimum Gasteiger partial charge on any atom is -0.397 e. The number of rotatable bonds is 2. The van der Waals surface area contributed by atoms with Gasteiger partial charge in [-0.3, -0.25) is 0 Å². The number of para-hydroxylation sites is 1. The standard InChI is InChI=1S/C13H10N4S/c14-9-5-6-12(15-7-9)18-13-10-3-1-2-4-11(10)16-8-17-13/h1-8H,14H2. The zero-order valence-corrected chi connectivity index (χ0v) is 10.3. The lowest BCUT2D eigenvalue weighted by Crippen LogP contribution is -1.89. The number of pyridine rings is 1.